The highest BCUT2D eigenvalue weighted by molar-refractivity contribution is 6.32. The molecule has 0 aliphatic heterocycles. The van der Waals surface area contributed by atoms with Crippen LogP contribution in [0.4, 0.5) is 14.5 Å². The molecule has 0 aliphatic carbocycles. The Labute approximate surface area is 84.1 Å². The highest BCUT2D eigenvalue weighted by Gasteiger charge is 2.32. The second kappa shape index (κ2) is 3.88. The molecular formula is C8H7ClF2N2O. The van der Waals surface area contributed by atoms with E-state index in [1.165, 1.54) is 18.3 Å². The van der Waals surface area contributed by atoms with Gasteiger partial charge in [-0.05, 0) is 12.1 Å². The fraction of sp³-hybridized carbons (Fsp3) is 0.250. The molecule has 1 aromatic heterocycles. The molecule has 0 atom stereocenters. The van der Waals surface area contributed by atoms with Crippen LogP contribution in [0.3, 0.4) is 0 Å². The third-order valence-electron chi connectivity index (χ3n) is 1.41. The van der Waals surface area contributed by atoms with Gasteiger partial charge in [-0.2, -0.15) is 8.78 Å². The molecule has 0 unspecified atom stereocenters. The summed E-state index contributed by atoms with van der Waals surface area (Å²) >= 11 is 5.55. The molecule has 1 aromatic rings. The zero-order chi connectivity index (χ0) is 10.8. The third-order valence-corrected chi connectivity index (χ3v) is 1.71. The number of pyridine rings is 1. The van der Waals surface area contributed by atoms with Crippen molar-refractivity contribution in [1.29, 1.82) is 0 Å². The number of alkyl halides is 2. The van der Waals surface area contributed by atoms with Crippen molar-refractivity contribution in [3.63, 3.8) is 0 Å². The predicted octanol–water partition coefficient (Wildman–Crippen LogP) is 2.33. The van der Waals surface area contributed by atoms with Gasteiger partial charge in [-0.1, -0.05) is 11.6 Å². The van der Waals surface area contributed by atoms with E-state index in [2.05, 4.69) is 4.98 Å². The molecule has 76 valence electrons. The van der Waals surface area contributed by atoms with E-state index in [0.29, 0.717) is 6.92 Å². The number of halogens is 3. The van der Waals surface area contributed by atoms with E-state index in [4.69, 9.17) is 11.6 Å². The van der Waals surface area contributed by atoms with Gasteiger partial charge < -0.3 is 5.32 Å². The first-order valence-corrected chi connectivity index (χ1v) is 4.09. The monoisotopic (exact) mass is 220 g/mol. The van der Waals surface area contributed by atoms with Crippen molar-refractivity contribution < 1.29 is 13.6 Å². The number of hydrogen-bond donors (Lipinski definition) is 1. The van der Waals surface area contributed by atoms with Gasteiger partial charge in [0.1, 0.15) is 0 Å². The maximum Gasteiger partial charge on any atom is 0.322 e. The highest BCUT2D eigenvalue weighted by Crippen LogP contribution is 2.20. The van der Waals surface area contributed by atoms with E-state index < -0.39 is 11.8 Å². The highest BCUT2D eigenvalue weighted by atomic mass is 35.5. The molecule has 0 spiro atoms. The van der Waals surface area contributed by atoms with Crippen molar-refractivity contribution in [1.82, 2.24) is 4.98 Å². The largest absolute Gasteiger partial charge is 0.322 e. The predicted molar refractivity (Wildman–Crippen MR) is 48.5 cm³/mol. The Hall–Kier alpha value is -1.23. The molecule has 0 aliphatic rings. The van der Waals surface area contributed by atoms with Crippen LogP contribution in [-0.4, -0.2) is 16.8 Å². The van der Waals surface area contributed by atoms with Crippen LogP contribution in [-0.2, 0) is 4.79 Å². The minimum atomic E-state index is -3.43. The van der Waals surface area contributed by atoms with E-state index >= 15 is 0 Å². The minimum absolute atomic E-state index is 0.0231. The lowest BCUT2D eigenvalue weighted by Gasteiger charge is -2.10. The average molecular weight is 221 g/mol. The smallest absolute Gasteiger partial charge is 0.318 e. The summed E-state index contributed by atoms with van der Waals surface area (Å²) in [7, 11) is 0. The van der Waals surface area contributed by atoms with Gasteiger partial charge >= 0.3 is 5.92 Å². The molecule has 0 fully saturated rings. The molecule has 0 radical (unpaired) electrons. The van der Waals surface area contributed by atoms with Gasteiger partial charge in [0, 0.05) is 13.1 Å². The fourth-order valence-corrected chi connectivity index (χ4v) is 0.878. The fourth-order valence-electron chi connectivity index (χ4n) is 0.711. The summed E-state index contributed by atoms with van der Waals surface area (Å²) in [6.45, 7) is 0.507. The molecule has 0 saturated carbocycles. The molecule has 14 heavy (non-hydrogen) atoms. The summed E-state index contributed by atoms with van der Waals surface area (Å²) in [4.78, 5) is 14.5. The summed E-state index contributed by atoms with van der Waals surface area (Å²) in [5.41, 5.74) is 0.0701. The van der Waals surface area contributed by atoms with E-state index in [9.17, 15) is 13.6 Å². The number of amides is 1. The number of carbonyl (C=O) groups is 1. The number of carbonyl (C=O) groups excluding carboxylic acids is 1. The Kier molecular flexibility index (Phi) is 3.00. The van der Waals surface area contributed by atoms with Gasteiger partial charge in [0.25, 0.3) is 5.91 Å². The first-order valence-electron chi connectivity index (χ1n) is 3.71. The summed E-state index contributed by atoms with van der Waals surface area (Å²) in [5.74, 6) is -4.84. The lowest BCUT2D eigenvalue weighted by atomic mass is 10.3. The van der Waals surface area contributed by atoms with Crippen molar-refractivity contribution in [3.05, 3.63) is 23.5 Å². The molecule has 0 aromatic carbocycles. The molecular weight excluding hydrogens is 214 g/mol. The number of anilines is 1. The van der Waals surface area contributed by atoms with Crippen LogP contribution in [0.2, 0.25) is 5.15 Å². The Morgan fingerprint density at radius 3 is 2.79 bits per heavy atom. The molecule has 0 bridgehead atoms. The van der Waals surface area contributed by atoms with Gasteiger partial charge in [0.15, 0.2) is 5.15 Å². The zero-order valence-electron chi connectivity index (χ0n) is 7.22. The number of nitrogens with one attached hydrogen (secondary N) is 1. The van der Waals surface area contributed by atoms with Gasteiger partial charge in [-0.3, -0.25) is 4.79 Å². The first-order chi connectivity index (χ1) is 6.41. The van der Waals surface area contributed by atoms with Gasteiger partial charge in [0.2, 0.25) is 0 Å². The number of rotatable bonds is 2. The van der Waals surface area contributed by atoms with Crippen LogP contribution in [0.5, 0.6) is 0 Å². The quantitative estimate of drug-likeness (QED) is 0.778. The molecule has 1 rings (SSSR count). The van der Waals surface area contributed by atoms with Crippen molar-refractivity contribution >= 4 is 23.2 Å². The lowest BCUT2D eigenvalue weighted by molar-refractivity contribution is -0.137. The van der Waals surface area contributed by atoms with Crippen molar-refractivity contribution in [2.45, 2.75) is 12.8 Å². The molecule has 3 nitrogen and oxygen atoms in total. The second-order valence-corrected chi connectivity index (χ2v) is 3.04. The van der Waals surface area contributed by atoms with Crippen LogP contribution >= 0.6 is 11.6 Å². The number of aromatic nitrogens is 1. The van der Waals surface area contributed by atoms with Crippen molar-refractivity contribution in [3.8, 4) is 0 Å². The number of hydrogen-bond acceptors (Lipinski definition) is 2. The summed E-state index contributed by atoms with van der Waals surface area (Å²) in [6.07, 6.45) is 1.39. The summed E-state index contributed by atoms with van der Waals surface area (Å²) in [5, 5.41) is 1.94. The van der Waals surface area contributed by atoms with Crippen LogP contribution < -0.4 is 5.32 Å². The van der Waals surface area contributed by atoms with Crippen LogP contribution in [0.1, 0.15) is 6.92 Å². The standard InChI is InChI=1S/C8H7ClF2N2O/c1-8(10,11)7(14)13-5-3-2-4-12-6(5)9/h2-4H,1H3,(H,13,14). The van der Waals surface area contributed by atoms with Gasteiger partial charge in [-0.25, -0.2) is 4.98 Å². The SMILES string of the molecule is CC(F)(F)C(=O)Nc1cccnc1Cl. The minimum Gasteiger partial charge on any atom is -0.318 e. The van der Waals surface area contributed by atoms with Crippen LogP contribution in [0.25, 0.3) is 0 Å². The average Bonchev–Trinajstić information content (AvgIpc) is 2.07. The maximum atomic E-state index is 12.5. The van der Waals surface area contributed by atoms with Crippen LogP contribution in [0, 0.1) is 0 Å². The molecule has 1 amide bonds. The molecule has 0 saturated heterocycles. The topological polar surface area (TPSA) is 42.0 Å². The molecule has 6 heteroatoms. The first kappa shape index (κ1) is 10.8. The zero-order valence-corrected chi connectivity index (χ0v) is 7.98. The molecule has 1 heterocycles. The van der Waals surface area contributed by atoms with E-state index in [-0.39, 0.29) is 10.8 Å². The summed E-state index contributed by atoms with van der Waals surface area (Å²) in [6, 6.07) is 2.87. The number of nitrogens with zero attached hydrogens (tertiary/aromatic N) is 1. The second-order valence-electron chi connectivity index (χ2n) is 2.68. The van der Waals surface area contributed by atoms with E-state index in [1.807, 2.05) is 5.32 Å². The summed E-state index contributed by atoms with van der Waals surface area (Å²) < 4.78 is 24.9. The van der Waals surface area contributed by atoms with Crippen LogP contribution in [0.15, 0.2) is 18.3 Å². The normalized spacial score (nSPS) is 11.1. The Bertz CT molecular complexity index is 351. The Morgan fingerprint density at radius 2 is 2.29 bits per heavy atom. The van der Waals surface area contributed by atoms with E-state index in [0.717, 1.165) is 0 Å². The van der Waals surface area contributed by atoms with Crippen molar-refractivity contribution in [2.24, 2.45) is 0 Å². The van der Waals surface area contributed by atoms with Gasteiger partial charge in [-0.15, -0.1) is 0 Å². The Morgan fingerprint density at radius 1 is 1.64 bits per heavy atom. The third kappa shape index (κ3) is 2.63. The lowest BCUT2D eigenvalue weighted by Crippen LogP contribution is -2.31. The van der Waals surface area contributed by atoms with E-state index in [1.54, 1.807) is 0 Å². The van der Waals surface area contributed by atoms with Gasteiger partial charge in [0.05, 0.1) is 5.69 Å². The Balaban J connectivity index is 2.80. The maximum absolute atomic E-state index is 12.5. The van der Waals surface area contributed by atoms with Crippen molar-refractivity contribution in [2.75, 3.05) is 5.32 Å². The molecule has 1 N–H and O–H groups in total.